The van der Waals surface area contributed by atoms with Crippen molar-refractivity contribution >= 4 is 35.6 Å². The molecule has 2 saturated carbocycles. The molecule has 1 aromatic carbocycles. The molecule has 11 heteroatoms. The predicted molar refractivity (Wildman–Crippen MR) is 134 cm³/mol. The van der Waals surface area contributed by atoms with Crippen molar-refractivity contribution < 1.29 is 18.8 Å². The Morgan fingerprint density at radius 3 is 2.53 bits per heavy atom. The highest BCUT2D eigenvalue weighted by Crippen LogP contribution is 2.31. The molecular weight excluding hydrogens is 487 g/mol. The van der Waals surface area contributed by atoms with Gasteiger partial charge in [0.05, 0.1) is 12.5 Å². The quantitative estimate of drug-likeness (QED) is 0.204. The number of anilines is 2. The highest BCUT2D eigenvalue weighted by atomic mass is 35.5. The molecule has 1 atom stereocenters. The van der Waals surface area contributed by atoms with Crippen molar-refractivity contribution in [2.45, 2.75) is 64.0 Å². The van der Waals surface area contributed by atoms with E-state index < -0.39 is 11.7 Å². The normalized spacial score (nSPS) is 16.7. The molecule has 2 amide bonds. The number of carbonyl (C=O) groups is 2. The summed E-state index contributed by atoms with van der Waals surface area (Å²) >= 11 is 5.99. The summed E-state index contributed by atoms with van der Waals surface area (Å²) in [5.41, 5.74) is 6.02. The number of carbonyl (C=O) groups excluding carboxylic acids is 2. The molecule has 3 N–H and O–H groups in total. The summed E-state index contributed by atoms with van der Waals surface area (Å²) in [6.07, 6.45) is 8.44. The zero-order chi connectivity index (χ0) is 25.3. The van der Waals surface area contributed by atoms with Gasteiger partial charge in [-0.3, -0.25) is 25.3 Å². The van der Waals surface area contributed by atoms with Gasteiger partial charge < -0.3 is 5.32 Å². The smallest absolute Gasteiger partial charge is 0.243 e. The van der Waals surface area contributed by atoms with E-state index in [4.69, 9.17) is 16.4 Å². The first-order valence-corrected chi connectivity index (χ1v) is 12.8. The fourth-order valence-corrected chi connectivity index (χ4v) is 4.72. The second-order valence-electron chi connectivity index (χ2n) is 9.44. The molecule has 0 saturated heterocycles. The first kappa shape index (κ1) is 26.1. The van der Waals surface area contributed by atoms with Gasteiger partial charge in [-0.05, 0) is 48.8 Å². The largest absolute Gasteiger partial charge is 0.365 e. The molecule has 4 rings (SSSR count). The van der Waals surface area contributed by atoms with Crippen molar-refractivity contribution in [3.8, 4) is 0 Å². The van der Waals surface area contributed by atoms with E-state index in [0.717, 1.165) is 55.6 Å². The van der Waals surface area contributed by atoms with Crippen molar-refractivity contribution in [3.63, 3.8) is 0 Å². The van der Waals surface area contributed by atoms with E-state index in [-0.39, 0.29) is 42.0 Å². The van der Waals surface area contributed by atoms with Crippen molar-refractivity contribution in [1.29, 1.82) is 0 Å². The second kappa shape index (κ2) is 12.8. The van der Waals surface area contributed by atoms with Gasteiger partial charge in [0.25, 0.3) is 0 Å². The van der Waals surface area contributed by atoms with Gasteiger partial charge in [0, 0.05) is 6.04 Å². The molecule has 2 fully saturated rings. The van der Waals surface area contributed by atoms with Gasteiger partial charge in [0.1, 0.15) is 6.61 Å². The zero-order valence-corrected chi connectivity index (χ0v) is 20.8. The summed E-state index contributed by atoms with van der Waals surface area (Å²) in [7, 11) is 0. The lowest BCUT2D eigenvalue weighted by Crippen LogP contribution is -2.42. The Morgan fingerprint density at radius 1 is 1.14 bits per heavy atom. The third kappa shape index (κ3) is 7.27. The maximum Gasteiger partial charge on any atom is 0.243 e. The number of halogens is 2. The number of rotatable bonds is 13. The van der Waals surface area contributed by atoms with Crippen molar-refractivity contribution in [3.05, 3.63) is 47.0 Å². The number of amides is 2. The number of nitrogens with one attached hydrogen (secondary N) is 3. The third-order valence-corrected chi connectivity index (χ3v) is 6.96. The average Bonchev–Trinajstić information content (AvgIpc) is 3.37. The minimum atomic E-state index is -0.723. The van der Waals surface area contributed by atoms with Crippen LogP contribution in [0.4, 0.5) is 16.0 Å². The van der Waals surface area contributed by atoms with Crippen LogP contribution in [-0.4, -0.2) is 39.9 Å². The molecule has 1 aromatic heterocycles. The predicted octanol–water partition coefficient (Wildman–Crippen LogP) is 4.46. The van der Waals surface area contributed by atoms with Crippen LogP contribution in [0.15, 0.2) is 30.3 Å². The standard InChI is InChI=1S/C25H32ClFN6O3/c26-25-29-22(28-20-11-6-12-20)21(27)23(30-25)31-32-24(35)19(13-17-7-4-5-8-17)14-33(16-34)36-15-18-9-2-1-3-10-18/h1-3,9-10,16-17,19-20H,4-8,11-15H2,(H,32,35)(H2,28,29,30,31)/t19-/m0/s1. The topological polar surface area (TPSA) is 108 Å². The molecule has 2 aliphatic carbocycles. The number of hydroxylamine groups is 2. The zero-order valence-electron chi connectivity index (χ0n) is 20.1. The monoisotopic (exact) mass is 518 g/mol. The van der Waals surface area contributed by atoms with E-state index in [0.29, 0.717) is 18.7 Å². The number of aromatic nitrogens is 2. The Kier molecular flexibility index (Phi) is 9.29. The molecule has 194 valence electrons. The van der Waals surface area contributed by atoms with E-state index in [1.807, 2.05) is 30.3 Å². The van der Waals surface area contributed by atoms with E-state index in [2.05, 4.69) is 26.1 Å². The van der Waals surface area contributed by atoms with E-state index in [1.54, 1.807) is 0 Å². The maximum absolute atomic E-state index is 14.9. The van der Waals surface area contributed by atoms with Crippen LogP contribution < -0.4 is 16.2 Å². The molecule has 0 spiro atoms. The third-order valence-electron chi connectivity index (χ3n) is 6.80. The fraction of sp³-hybridized carbons (Fsp3) is 0.520. The SMILES string of the molecule is O=CN(C[C@H](CC1CCCC1)C(=O)NNc1nc(Cl)nc(NC2CCC2)c1F)OCc1ccccc1. The van der Waals surface area contributed by atoms with Gasteiger partial charge in [-0.25, -0.2) is 5.06 Å². The highest BCUT2D eigenvalue weighted by molar-refractivity contribution is 6.28. The van der Waals surface area contributed by atoms with Gasteiger partial charge in [-0.1, -0.05) is 56.0 Å². The lowest BCUT2D eigenvalue weighted by atomic mass is 9.92. The summed E-state index contributed by atoms with van der Waals surface area (Å²) in [5, 5.41) is 4.03. The highest BCUT2D eigenvalue weighted by Gasteiger charge is 2.28. The van der Waals surface area contributed by atoms with Crippen LogP contribution in [0.3, 0.4) is 0 Å². The molecule has 36 heavy (non-hydrogen) atoms. The van der Waals surface area contributed by atoms with Crippen LogP contribution in [0.5, 0.6) is 0 Å². The maximum atomic E-state index is 14.9. The number of nitrogens with zero attached hydrogens (tertiary/aromatic N) is 3. The van der Waals surface area contributed by atoms with Crippen molar-refractivity contribution in [1.82, 2.24) is 20.5 Å². The van der Waals surface area contributed by atoms with Crippen LogP contribution in [-0.2, 0) is 21.0 Å². The minimum absolute atomic E-state index is 0.000367. The number of hydrogen-bond donors (Lipinski definition) is 3. The lowest BCUT2D eigenvalue weighted by Gasteiger charge is -2.27. The Labute approximate surface area is 215 Å². The van der Waals surface area contributed by atoms with Gasteiger partial charge in [-0.15, -0.1) is 0 Å². The summed E-state index contributed by atoms with van der Waals surface area (Å²) in [6.45, 7) is 0.277. The second-order valence-corrected chi connectivity index (χ2v) is 9.78. The first-order valence-electron chi connectivity index (χ1n) is 12.5. The molecule has 2 aromatic rings. The van der Waals surface area contributed by atoms with Gasteiger partial charge in [0.2, 0.25) is 23.4 Å². The summed E-state index contributed by atoms with van der Waals surface area (Å²) in [4.78, 5) is 38.3. The summed E-state index contributed by atoms with van der Waals surface area (Å²) < 4.78 is 14.9. The van der Waals surface area contributed by atoms with E-state index in [1.165, 1.54) is 0 Å². The van der Waals surface area contributed by atoms with Gasteiger partial charge >= 0.3 is 0 Å². The molecule has 0 unspecified atom stereocenters. The molecule has 0 bridgehead atoms. The average molecular weight is 519 g/mol. The van der Waals surface area contributed by atoms with Gasteiger partial charge in [0.15, 0.2) is 11.6 Å². The van der Waals surface area contributed by atoms with Crippen LogP contribution in [0.2, 0.25) is 5.28 Å². The van der Waals surface area contributed by atoms with E-state index in [9.17, 15) is 14.0 Å². The lowest BCUT2D eigenvalue weighted by molar-refractivity contribution is -0.182. The van der Waals surface area contributed by atoms with Gasteiger partial charge in [-0.2, -0.15) is 14.4 Å². The first-order chi connectivity index (χ1) is 17.5. The molecule has 0 aliphatic heterocycles. The fourth-order valence-electron chi connectivity index (χ4n) is 4.56. The molecule has 1 heterocycles. The van der Waals surface area contributed by atoms with Crippen molar-refractivity contribution in [2.75, 3.05) is 17.3 Å². The Bertz CT molecular complexity index is 1020. The minimum Gasteiger partial charge on any atom is -0.365 e. The molecule has 9 nitrogen and oxygen atoms in total. The molecule has 0 radical (unpaired) electrons. The summed E-state index contributed by atoms with van der Waals surface area (Å²) in [6, 6.07) is 9.61. The van der Waals surface area contributed by atoms with E-state index >= 15 is 0 Å². The molecule has 2 aliphatic rings. The Balaban J connectivity index is 1.39. The van der Waals surface area contributed by atoms with Crippen LogP contribution in [0, 0.1) is 17.7 Å². The number of hydrazine groups is 1. The summed E-state index contributed by atoms with van der Waals surface area (Å²) in [5.74, 6) is -1.52. The van der Waals surface area contributed by atoms with Crippen LogP contribution in [0.25, 0.3) is 0 Å². The number of hydrogen-bond acceptors (Lipinski definition) is 7. The number of benzene rings is 1. The molecular formula is C25H32ClFN6O3. The Hall–Kier alpha value is -2.98. The van der Waals surface area contributed by atoms with Crippen LogP contribution >= 0.6 is 11.6 Å². The van der Waals surface area contributed by atoms with Crippen molar-refractivity contribution in [2.24, 2.45) is 11.8 Å². The van der Waals surface area contributed by atoms with Crippen LogP contribution in [0.1, 0.15) is 56.9 Å². The Morgan fingerprint density at radius 2 is 1.86 bits per heavy atom.